The normalized spacial score (nSPS) is 12.9. The maximum absolute atomic E-state index is 10.7. The van der Waals surface area contributed by atoms with Crippen LogP contribution in [-0.2, 0) is 20.1 Å². The second-order valence-electron chi connectivity index (χ2n) is 6.29. The smallest absolute Gasteiger partial charge is 0 e. The average Bonchev–Trinajstić information content (AvgIpc) is 2.19. The van der Waals surface area contributed by atoms with E-state index >= 15 is 0 Å². The first-order valence-corrected chi connectivity index (χ1v) is 9.51. The first-order valence-electron chi connectivity index (χ1n) is 7.48. The molecule has 0 bridgehead atoms. The van der Waals surface area contributed by atoms with Gasteiger partial charge in [-0.05, 0) is 41.5 Å². The molecular formula is C18H24F6PTc-. The molecule has 0 amide bonds. The van der Waals surface area contributed by atoms with Crippen LogP contribution >= 0.6 is 7.81 Å². The number of hydrogen-bond donors (Lipinski definition) is 0. The summed E-state index contributed by atoms with van der Waals surface area (Å²) in [4.78, 5) is 0. The second kappa shape index (κ2) is 8.86. The summed E-state index contributed by atoms with van der Waals surface area (Å²) in [7, 11) is -10.7. The fraction of sp³-hybridized carbons (Fsp3) is 0.333. The molecule has 2 aromatic rings. The van der Waals surface area contributed by atoms with Gasteiger partial charge in [-0.1, -0.05) is 69.8 Å². The third-order valence-electron chi connectivity index (χ3n) is 2.73. The number of rotatable bonds is 0. The van der Waals surface area contributed by atoms with Crippen molar-refractivity contribution in [2.45, 2.75) is 41.5 Å². The van der Waals surface area contributed by atoms with Crippen LogP contribution in [0.1, 0.15) is 33.4 Å². The Morgan fingerprint density at radius 3 is 0.577 bits per heavy atom. The van der Waals surface area contributed by atoms with Crippen LogP contribution in [0.4, 0.5) is 25.2 Å². The Kier molecular flexibility index (Phi) is 9.31. The SMILES string of the molecule is Cc1cc(C)cc(C)c1.Cc1cc(C)cc(C)c1.F[P-](F)(F)(F)(F)F.[Tc]. The monoisotopic (exact) mass is 482 g/mol. The van der Waals surface area contributed by atoms with Crippen molar-refractivity contribution in [2.24, 2.45) is 0 Å². The zero-order valence-electron chi connectivity index (χ0n) is 15.6. The molecule has 0 heterocycles. The molecule has 8 heteroatoms. The first kappa shape index (κ1) is 27.3. The summed E-state index contributed by atoms with van der Waals surface area (Å²) < 4.78 is 59.2. The zero-order valence-corrected chi connectivity index (χ0v) is 18.3. The van der Waals surface area contributed by atoms with Gasteiger partial charge in [0.25, 0.3) is 0 Å². The van der Waals surface area contributed by atoms with E-state index in [1.54, 1.807) is 0 Å². The molecule has 26 heavy (non-hydrogen) atoms. The van der Waals surface area contributed by atoms with Gasteiger partial charge in [-0.25, -0.2) is 0 Å². The molecule has 0 aliphatic carbocycles. The van der Waals surface area contributed by atoms with Gasteiger partial charge in [0.05, 0.1) is 0 Å². The summed E-state index contributed by atoms with van der Waals surface area (Å²) in [6.45, 7) is 12.8. The minimum atomic E-state index is -10.7. The zero-order chi connectivity index (χ0) is 20.1. The summed E-state index contributed by atoms with van der Waals surface area (Å²) in [6, 6.07) is 13.1. The Labute approximate surface area is 164 Å². The maximum atomic E-state index is 9.87. The Balaban J connectivity index is 0. The number of hydrogen-bond acceptors (Lipinski definition) is 0. The molecule has 0 atom stereocenters. The summed E-state index contributed by atoms with van der Waals surface area (Å²) in [6.07, 6.45) is 0. The quantitative estimate of drug-likeness (QED) is 0.260. The third kappa shape index (κ3) is 21.1. The molecule has 0 saturated carbocycles. The average molecular weight is 483 g/mol. The van der Waals surface area contributed by atoms with Gasteiger partial charge in [0.15, 0.2) is 0 Å². The van der Waals surface area contributed by atoms with Crippen molar-refractivity contribution in [1.29, 1.82) is 0 Å². The van der Waals surface area contributed by atoms with Crippen LogP contribution in [0.25, 0.3) is 0 Å². The fourth-order valence-electron chi connectivity index (χ4n) is 2.40. The molecule has 0 aliphatic heterocycles. The molecule has 0 unspecified atom stereocenters. The molecule has 0 saturated heterocycles. The van der Waals surface area contributed by atoms with Crippen molar-refractivity contribution in [3.05, 3.63) is 69.8 Å². The van der Waals surface area contributed by atoms with E-state index < -0.39 is 7.81 Å². The van der Waals surface area contributed by atoms with Crippen LogP contribution in [0, 0.1) is 41.5 Å². The first-order chi connectivity index (χ1) is 10.8. The third-order valence-corrected chi connectivity index (χ3v) is 2.73. The van der Waals surface area contributed by atoms with Crippen LogP contribution < -0.4 is 0 Å². The Bertz CT molecular complexity index is 562. The molecule has 0 spiro atoms. The van der Waals surface area contributed by atoms with Gasteiger partial charge in [0.2, 0.25) is 0 Å². The minimum absolute atomic E-state index is 0. The van der Waals surface area contributed by atoms with Crippen LogP contribution in [0.15, 0.2) is 36.4 Å². The van der Waals surface area contributed by atoms with Gasteiger partial charge < -0.3 is 0 Å². The number of aryl methyl sites for hydroxylation is 6. The molecule has 2 aromatic carbocycles. The van der Waals surface area contributed by atoms with Gasteiger partial charge in [0, 0.05) is 20.1 Å². The van der Waals surface area contributed by atoms with Crippen molar-refractivity contribution in [3.8, 4) is 0 Å². The molecule has 1 radical (unpaired) electrons. The molecule has 0 fully saturated rings. The predicted octanol–water partition coefficient (Wildman–Crippen LogP) is 8.60. The molecule has 0 N–H and O–H groups in total. The van der Waals surface area contributed by atoms with Gasteiger partial charge in [-0.3, -0.25) is 0 Å². The largest absolute Gasteiger partial charge is 0 e. The molecule has 0 aliphatic rings. The molecule has 0 aromatic heterocycles. The van der Waals surface area contributed by atoms with Gasteiger partial charge in [0.1, 0.15) is 0 Å². The van der Waals surface area contributed by atoms with Crippen molar-refractivity contribution in [1.82, 2.24) is 0 Å². The number of benzene rings is 2. The standard InChI is InChI=1S/2C9H12.F6P.Tc/c2*1-7-4-8(2)6-9(3)5-7;1-7(2,3,4,5)6;/h2*4-6H,1-3H3;;/q;;-1;. The van der Waals surface area contributed by atoms with E-state index in [1.807, 2.05) is 0 Å². The number of halogens is 6. The minimum Gasteiger partial charge on any atom is 0 e. The van der Waals surface area contributed by atoms with E-state index in [0.29, 0.717) is 0 Å². The van der Waals surface area contributed by atoms with Crippen LogP contribution in [0.5, 0.6) is 0 Å². The maximum Gasteiger partial charge on any atom is 0 e. The summed E-state index contributed by atoms with van der Waals surface area (Å²) in [5.41, 5.74) is 8.13. The van der Waals surface area contributed by atoms with Crippen molar-refractivity contribution >= 4 is 7.81 Å². The van der Waals surface area contributed by atoms with Gasteiger partial charge in [-0.2, -0.15) is 0 Å². The van der Waals surface area contributed by atoms with Crippen molar-refractivity contribution in [3.63, 3.8) is 0 Å². The summed E-state index contributed by atoms with van der Waals surface area (Å²) in [5.74, 6) is 0. The van der Waals surface area contributed by atoms with E-state index in [2.05, 4.69) is 77.9 Å². The Morgan fingerprint density at radius 1 is 0.423 bits per heavy atom. The van der Waals surface area contributed by atoms with E-state index in [9.17, 15) is 25.2 Å². The second-order valence-corrected chi connectivity index (χ2v) is 8.21. The van der Waals surface area contributed by atoms with Gasteiger partial charge >= 0.3 is 33.0 Å². The van der Waals surface area contributed by atoms with Crippen LogP contribution in [0.2, 0.25) is 0 Å². The molecule has 151 valence electrons. The topological polar surface area (TPSA) is 0 Å². The summed E-state index contributed by atoms with van der Waals surface area (Å²) in [5, 5.41) is 0. The van der Waals surface area contributed by atoms with E-state index in [-0.39, 0.29) is 20.1 Å². The molecular weight excluding hydrogens is 459 g/mol. The fourth-order valence-corrected chi connectivity index (χ4v) is 2.40. The Hall–Kier alpha value is -0.901. The van der Waals surface area contributed by atoms with Crippen LogP contribution in [0.3, 0.4) is 0 Å². The van der Waals surface area contributed by atoms with E-state index in [4.69, 9.17) is 0 Å². The van der Waals surface area contributed by atoms with Gasteiger partial charge in [-0.15, -0.1) is 0 Å². The Morgan fingerprint density at radius 2 is 0.500 bits per heavy atom. The van der Waals surface area contributed by atoms with E-state index in [1.165, 1.54) is 33.4 Å². The molecule has 0 nitrogen and oxygen atoms in total. The van der Waals surface area contributed by atoms with Crippen molar-refractivity contribution < 1.29 is 45.3 Å². The van der Waals surface area contributed by atoms with Crippen molar-refractivity contribution in [2.75, 3.05) is 0 Å². The van der Waals surface area contributed by atoms with E-state index in [0.717, 1.165) is 0 Å². The van der Waals surface area contributed by atoms with Crippen LogP contribution in [-0.4, -0.2) is 0 Å². The molecule has 2 rings (SSSR count). The summed E-state index contributed by atoms with van der Waals surface area (Å²) >= 11 is 0. The predicted molar refractivity (Wildman–Crippen MR) is 94.9 cm³/mol.